The Labute approximate surface area is 157 Å². The summed E-state index contributed by atoms with van der Waals surface area (Å²) in [7, 11) is 1.54. The zero-order valence-corrected chi connectivity index (χ0v) is 16.7. The third kappa shape index (κ3) is 1.77. The van der Waals surface area contributed by atoms with Gasteiger partial charge in [0.25, 0.3) is 0 Å². The Balaban J connectivity index is 1.49. The molecule has 4 heteroatoms. The molecule has 1 heterocycles. The summed E-state index contributed by atoms with van der Waals surface area (Å²) in [5.74, 6) is 1.91. The van der Waals surface area contributed by atoms with Crippen LogP contribution in [0, 0.1) is 34.0 Å². The first-order chi connectivity index (χ1) is 12.2. The second-order valence-corrected chi connectivity index (χ2v) is 10.7. The van der Waals surface area contributed by atoms with Gasteiger partial charge in [-0.25, -0.2) is 0 Å². The van der Waals surface area contributed by atoms with Crippen molar-refractivity contribution in [1.29, 1.82) is 0 Å². The number of epoxide rings is 1. The van der Waals surface area contributed by atoms with Crippen molar-refractivity contribution in [2.24, 2.45) is 34.0 Å². The van der Waals surface area contributed by atoms with E-state index in [1.54, 1.807) is 0 Å². The first-order valence-electron chi connectivity index (χ1n) is 10.7. The Morgan fingerprint density at radius 1 is 1.04 bits per heavy atom. The van der Waals surface area contributed by atoms with Crippen LogP contribution in [0.15, 0.2) is 0 Å². The van der Waals surface area contributed by atoms with Crippen LogP contribution in [0.5, 0.6) is 0 Å². The Bertz CT molecular complexity index is 648. The van der Waals surface area contributed by atoms with Gasteiger partial charge in [-0.2, -0.15) is 0 Å². The molecule has 0 aromatic rings. The summed E-state index contributed by atoms with van der Waals surface area (Å²) in [5.41, 5.74) is -0.157. The average molecular weight is 363 g/mol. The predicted molar refractivity (Wildman–Crippen MR) is 97.4 cm³/mol. The number of fused-ring (bicyclic) bond motifs is 4. The SMILES string of the molecule is COC(=O)[C@@]1(C)CC[C@H]2[C@@H]3C[C@@H]4O[C@@]45C[C@@H](O)CC[C@]5(C)[C@H]3CC[C@@]21C. The summed E-state index contributed by atoms with van der Waals surface area (Å²) in [6, 6.07) is 0. The highest BCUT2D eigenvalue weighted by Crippen LogP contribution is 2.75. The van der Waals surface area contributed by atoms with E-state index in [0.29, 0.717) is 23.9 Å². The average Bonchev–Trinajstić information content (AvgIpc) is 3.23. The van der Waals surface area contributed by atoms with Gasteiger partial charge in [-0.3, -0.25) is 4.79 Å². The van der Waals surface area contributed by atoms with Gasteiger partial charge in [-0.1, -0.05) is 13.8 Å². The van der Waals surface area contributed by atoms with Crippen molar-refractivity contribution in [3.05, 3.63) is 0 Å². The summed E-state index contributed by atoms with van der Waals surface area (Å²) in [5, 5.41) is 10.3. The summed E-state index contributed by atoms with van der Waals surface area (Å²) < 4.78 is 11.6. The van der Waals surface area contributed by atoms with Crippen molar-refractivity contribution in [3.8, 4) is 0 Å². The third-order valence-electron chi connectivity index (χ3n) is 10.3. The zero-order chi connectivity index (χ0) is 18.5. The largest absolute Gasteiger partial charge is 0.469 e. The number of rotatable bonds is 1. The summed E-state index contributed by atoms with van der Waals surface area (Å²) in [6.07, 6.45) is 8.51. The molecule has 146 valence electrons. The molecule has 4 nitrogen and oxygen atoms in total. The number of carbonyl (C=O) groups excluding carboxylic acids is 1. The van der Waals surface area contributed by atoms with E-state index in [0.717, 1.165) is 44.9 Å². The number of aliphatic hydroxyl groups excluding tert-OH is 1. The number of ether oxygens (including phenoxy) is 2. The number of aliphatic hydroxyl groups is 1. The predicted octanol–water partition coefficient (Wildman–Crippen LogP) is 3.70. The molecule has 4 aliphatic carbocycles. The molecule has 0 aromatic carbocycles. The van der Waals surface area contributed by atoms with Gasteiger partial charge in [-0.15, -0.1) is 0 Å². The first-order valence-corrected chi connectivity index (χ1v) is 10.7. The lowest BCUT2D eigenvalue weighted by molar-refractivity contribution is -0.168. The highest BCUT2D eigenvalue weighted by atomic mass is 16.6. The molecule has 1 N–H and O–H groups in total. The van der Waals surface area contributed by atoms with E-state index in [-0.39, 0.29) is 33.9 Å². The molecule has 0 unspecified atom stereocenters. The Kier molecular flexibility index (Phi) is 3.40. The van der Waals surface area contributed by atoms with Gasteiger partial charge in [0.2, 0.25) is 0 Å². The molecule has 0 amide bonds. The van der Waals surface area contributed by atoms with Crippen LogP contribution in [0.3, 0.4) is 0 Å². The van der Waals surface area contributed by atoms with Crippen molar-refractivity contribution in [2.45, 2.75) is 89.9 Å². The topological polar surface area (TPSA) is 59.1 Å². The van der Waals surface area contributed by atoms with Crippen molar-refractivity contribution in [3.63, 3.8) is 0 Å². The molecule has 0 bridgehead atoms. The van der Waals surface area contributed by atoms with Crippen LogP contribution in [0.25, 0.3) is 0 Å². The number of esters is 1. The molecule has 26 heavy (non-hydrogen) atoms. The van der Waals surface area contributed by atoms with E-state index >= 15 is 0 Å². The van der Waals surface area contributed by atoms with Crippen LogP contribution in [-0.2, 0) is 14.3 Å². The van der Waals surface area contributed by atoms with Gasteiger partial charge >= 0.3 is 5.97 Å². The molecule has 9 atom stereocenters. The molecule has 5 fully saturated rings. The van der Waals surface area contributed by atoms with Crippen molar-refractivity contribution < 1.29 is 19.4 Å². The Hall–Kier alpha value is -0.610. The summed E-state index contributed by atoms with van der Waals surface area (Å²) >= 11 is 0. The lowest BCUT2D eigenvalue weighted by Crippen LogP contribution is -2.59. The minimum atomic E-state index is -0.347. The highest BCUT2D eigenvalue weighted by Gasteiger charge is 2.77. The van der Waals surface area contributed by atoms with E-state index < -0.39 is 0 Å². The van der Waals surface area contributed by atoms with Gasteiger partial charge in [0.1, 0.15) is 5.60 Å². The molecule has 1 saturated heterocycles. The minimum Gasteiger partial charge on any atom is -0.469 e. The molecule has 1 aliphatic heterocycles. The fourth-order valence-corrected chi connectivity index (χ4v) is 8.49. The second-order valence-electron chi connectivity index (χ2n) is 10.7. The third-order valence-corrected chi connectivity index (χ3v) is 10.3. The fourth-order valence-electron chi connectivity index (χ4n) is 8.49. The van der Waals surface area contributed by atoms with Crippen LogP contribution < -0.4 is 0 Å². The van der Waals surface area contributed by atoms with Crippen molar-refractivity contribution in [1.82, 2.24) is 0 Å². The van der Waals surface area contributed by atoms with Crippen LogP contribution in [0.1, 0.15) is 72.1 Å². The molecule has 5 aliphatic rings. The van der Waals surface area contributed by atoms with Gasteiger partial charge < -0.3 is 14.6 Å². The lowest BCUT2D eigenvalue weighted by Gasteiger charge is -2.60. The van der Waals surface area contributed by atoms with Crippen LogP contribution in [0.2, 0.25) is 0 Å². The number of hydrogen-bond acceptors (Lipinski definition) is 4. The molecule has 1 spiro atoms. The lowest BCUT2D eigenvalue weighted by atomic mass is 9.43. The quantitative estimate of drug-likeness (QED) is 0.571. The summed E-state index contributed by atoms with van der Waals surface area (Å²) in [6.45, 7) is 6.96. The van der Waals surface area contributed by atoms with E-state index in [2.05, 4.69) is 20.8 Å². The molecule has 5 rings (SSSR count). The second kappa shape index (κ2) is 5.05. The monoisotopic (exact) mass is 362 g/mol. The smallest absolute Gasteiger partial charge is 0.312 e. The van der Waals surface area contributed by atoms with Crippen LogP contribution in [-0.4, -0.2) is 36.0 Å². The molecular formula is C22H34O4. The van der Waals surface area contributed by atoms with Gasteiger partial charge in [0.15, 0.2) is 0 Å². The van der Waals surface area contributed by atoms with E-state index in [4.69, 9.17) is 9.47 Å². The number of methoxy groups -OCH3 is 1. The van der Waals surface area contributed by atoms with Crippen molar-refractivity contribution >= 4 is 5.97 Å². The number of carbonyl (C=O) groups is 1. The van der Waals surface area contributed by atoms with Gasteiger partial charge in [0.05, 0.1) is 24.7 Å². The maximum Gasteiger partial charge on any atom is 0.312 e. The van der Waals surface area contributed by atoms with E-state index in [9.17, 15) is 9.90 Å². The maximum absolute atomic E-state index is 12.7. The maximum atomic E-state index is 12.7. The number of hydrogen-bond donors (Lipinski definition) is 1. The summed E-state index contributed by atoms with van der Waals surface area (Å²) in [4.78, 5) is 12.7. The fraction of sp³-hybridized carbons (Fsp3) is 0.955. The molecule has 4 saturated carbocycles. The van der Waals surface area contributed by atoms with Gasteiger partial charge in [0, 0.05) is 11.8 Å². The normalized spacial score (nSPS) is 60.3. The standard InChI is InChI=1S/C22H34O4/c1-19-9-6-16-14(15(19)7-10-21(19,3)18(24)25-4)11-17-22(26-17)12-13(23)5-8-20(16,22)2/h13-17,23H,5-12H2,1-4H3/t13-,14-,15-,16-,17-,19-,20+,21+,22-/m0/s1. The highest BCUT2D eigenvalue weighted by molar-refractivity contribution is 5.78. The van der Waals surface area contributed by atoms with E-state index in [1.165, 1.54) is 13.5 Å². The van der Waals surface area contributed by atoms with Gasteiger partial charge in [-0.05, 0) is 75.0 Å². The zero-order valence-electron chi connectivity index (χ0n) is 16.7. The molecular weight excluding hydrogens is 328 g/mol. The molecule has 0 aromatic heterocycles. The Morgan fingerprint density at radius 3 is 2.42 bits per heavy atom. The van der Waals surface area contributed by atoms with Crippen LogP contribution in [0.4, 0.5) is 0 Å². The van der Waals surface area contributed by atoms with Crippen LogP contribution >= 0.6 is 0 Å². The van der Waals surface area contributed by atoms with E-state index in [1.807, 2.05) is 0 Å². The van der Waals surface area contributed by atoms with Crippen molar-refractivity contribution in [2.75, 3.05) is 7.11 Å². The first kappa shape index (κ1) is 17.5. The molecule has 0 radical (unpaired) electrons. The Morgan fingerprint density at radius 2 is 1.69 bits per heavy atom. The minimum absolute atomic E-state index is 0.0132.